The minimum absolute atomic E-state index is 0.141. The van der Waals surface area contributed by atoms with Gasteiger partial charge in [-0.05, 0) is 73.8 Å². The maximum atomic E-state index is 12.9. The number of unbranched alkanes of at least 4 members (excludes halogenated alkanes) is 2. The van der Waals surface area contributed by atoms with Crippen LogP contribution in [-0.2, 0) is 23.6 Å². The van der Waals surface area contributed by atoms with Gasteiger partial charge in [0.15, 0.2) is 0 Å². The monoisotopic (exact) mass is 606 g/mol. The number of phenols is 2. The third-order valence-electron chi connectivity index (χ3n) is 7.47. The molecule has 2 aromatic carbocycles. The molecule has 0 spiro atoms. The van der Waals surface area contributed by atoms with Crippen LogP contribution in [0.15, 0.2) is 36.4 Å². The summed E-state index contributed by atoms with van der Waals surface area (Å²) < 4.78 is 80.3. The molecule has 41 heavy (non-hydrogen) atoms. The van der Waals surface area contributed by atoms with Crippen LogP contribution in [0.25, 0.3) is 0 Å². The van der Waals surface area contributed by atoms with Crippen molar-refractivity contribution >= 4 is 10.8 Å². The third-order valence-corrected chi connectivity index (χ3v) is 8.96. The van der Waals surface area contributed by atoms with Crippen LogP contribution in [0.5, 0.6) is 17.2 Å². The lowest BCUT2D eigenvalue weighted by atomic mass is 9.87. The van der Waals surface area contributed by atoms with Gasteiger partial charge in [0.05, 0.1) is 6.10 Å². The Morgan fingerprint density at radius 1 is 0.951 bits per heavy atom. The summed E-state index contributed by atoms with van der Waals surface area (Å²) in [5.41, 5.74) is 2.67. The first-order valence-corrected chi connectivity index (χ1v) is 15.5. The minimum atomic E-state index is -5.58. The van der Waals surface area contributed by atoms with E-state index in [2.05, 4.69) is 6.92 Å². The minimum Gasteiger partial charge on any atom is -0.508 e. The standard InChI is InChI=1S/C30H39F5O5S/c1-20-17-22-12-13-25(37)19-27(22)40-28(20)23-11-10-21(26(38)18-23)7-5-9-24(36)8-3-2-4-15-41(39)16-6-14-29(31,32)30(33,34)35/h10-13,18-20,24,28,36-38H,2-9,14-17H2,1H3. The molecule has 1 heterocycles. The summed E-state index contributed by atoms with van der Waals surface area (Å²) in [4.78, 5) is 0. The van der Waals surface area contributed by atoms with Crippen molar-refractivity contribution in [3.8, 4) is 17.2 Å². The number of hydrogen-bond acceptors (Lipinski definition) is 5. The number of aromatic hydroxyl groups is 2. The lowest BCUT2D eigenvalue weighted by molar-refractivity contribution is -0.284. The molecule has 0 amide bonds. The third kappa shape index (κ3) is 9.84. The van der Waals surface area contributed by atoms with Crippen LogP contribution in [0.4, 0.5) is 22.0 Å². The van der Waals surface area contributed by atoms with Gasteiger partial charge in [-0.3, -0.25) is 4.21 Å². The van der Waals surface area contributed by atoms with Gasteiger partial charge in [0, 0.05) is 40.7 Å². The van der Waals surface area contributed by atoms with Gasteiger partial charge in [0.1, 0.15) is 23.4 Å². The van der Waals surface area contributed by atoms with Crippen LogP contribution in [-0.4, -0.2) is 49.2 Å². The van der Waals surface area contributed by atoms with Crippen molar-refractivity contribution in [1.29, 1.82) is 0 Å². The zero-order valence-electron chi connectivity index (χ0n) is 23.1. The van der Waals surface area contributed by atoms with Gasteiger partial charge in [-0.15, -0.1) is 0 Å². The topological polar surface area (TPSA) is 87.0 Å². The van der Waals surface area contributed by atoms with Gasteiger partial charge in [0.2, 0.25) is 0 Å². The van der Waals surface area contributed by atoms with E-state index in [1.54, 1.807) is 18.2 Å². The molecule has 3 N–H and O–H groups in total. The smallest absolute Gasteiger partial charge is 0.453 e. The Balaban J connectivity index is 1.31. The molecule has 0 saturated heterocycles. The highest BCUT2D eigenvalue weighted by atomic mass is 32.2. The number of aliphatic hydroxyl groups excluding tert-OH is 1. The van der Waals surface area contributed by atoms with Crippen molar-refractivity contribution in [3.63, 3.8) is 0 Å². The van der Waals surface area contributed by atoms with E-state index in [9.17, 15) is 41.5 Å². The number of halogens is 5. The number of hydrogen-bond donors (Lipinski definition) is 3. The highest BCUT2D eigenvalue weighted by Gasteiger charge is 2.56. The molecule has 230 valence electrons. The Hall–Kier alpha value is -2.40. The van der Waals surface area contributed by atoms with Gasteiger partial charge in [-0.25, -0.2) is 0 Å². The molecule has 0 bridgehead atoms. The van der Waals surface area contributed by atoms with Crippen LogP contribution in [0, 0.1) is 5.92 Å². The molecule has 3 rings (SSSR count). The van der Waals surface area contributed by atoms with Crippen LogP contribution < -0.4 is 4.74 Å². The highest BCUT2D eigenvalue weighted by Crippen LogP contribution is 2.41. The molecule has 2 aromatic rings. The average molecular weight is 607 g/mol. The Morgan fingerprint density at radius 2 is 1.66 bits per heavy atom. The number of benzene rings is 2. The van der Waals surface area contributed by atoms with E-state index < -0.39 is 41.8 Å². The molecular weight excluding hydrogens is 567 g/mol. The van der Waals surface area contributed by atoms with E-state index in [0.29, 0.717) is 50.7 Å². The molecule has 4 atom stereocenters. The second-order valence-electron chi connectivity index (χ2n) is 10.9. The molecule has 5 nitrogen and oxygen atoms in total. The fourth-order valence-electron chi connectivity index (χ4n) is 5.09. The molecule has 0 aliphatic carbocycles. The number of aryl methyl sites for hydroxylation is 1. The van der Waals surface area contributed by atoms with Crippen molar-refractivity contribution in [2.45, 2.75) is 95.4 Å². The molecule has 1 aliphatic heterocycles. The molecule has 0 saturated carbocycles. The summed E-state index contributed by atoms with van der Waals surface area (Å²) in [7, 11) is -1.45. The summed E-state index contributed by atoms with van der Waals surface area (Å²) in [6.45, 7) is 2.08. The highest BCUT2D eigenvalue weighted by molar-refractivity contribution is 7.84. The van der Waals surface area contributed by atoms with Crippen LogP contribution in [0.1, 0.15) is 81.1 Å². The molecule has 1 aliphatic rings. The van der Waals surface area contributed by atoms with Gasteiger partial charge in [-0.2, -0.15) is 22.0 Å². The van der Waals surface area contributed by atoms with Crippen LogP contribution in [0.2, 0.25) is 0 Å². The fourth-order valence-corrected chi connectivity index (χ4v) is 6.28. The summed E-state index contributed by atoms with van der Waals surface area (Å²) in [6, 6.07) is 10.6. The van der Waals surface area contributed by atoms with Crippen LogP contribution in [0.3, 0.4) is 0 Å². The SMILES string of the molecule is CC1Cc2ccc(O)cc2OC1c1ccc(CCCC(O)CCCCCS(=O)CCCC(F)(F)C(F)(F)F)c(O)c1. The maximum absolute atomic E-state index is 12.9. The predicted octanol–water partition coefficient (Wildman–Crippen LogP) is 7.38. The second-order valence-corrected chi connectivity index (χ2v) is 12.6. The van der Waals surface area contributed by atoms with Crippen molar-refractivity contribution < 1.29 is 46.2 Å². The molecule has 4 unspecified atom stereocenters. The van der Waals surface area contributed by atoms with E-state index in [1.807, 2.05) is 18.2 Å². The molecule has 11 heteroatoms. The summed E-state index contributed by atoms with van der Waals surface area (Å²) >= 11 is 0. The normalized spacial score (nSPS) is 18.9. The molecular formula is C30H39F5O5S. The lowest BCUT2D eigenvalue weighted by Crippen LogP contribution is -2.36. The molecule has 0 fully saturated rings. The first kappa shape index (κ1) is 33.1. The first-order chi connectivity index (χ1) is 19.3. The Labute approximate surface area is 240 Å². The van der Waals surface area contributed by atoms with E-state index >= 15 is 0 Å². The van der Waals surface area contributed by atoms with Crippen molar-refractivity contribution in [3.05, 3.63) is 53.1 Å². The zero-order chi connectivity index (χ0) is 30.2. The summed E-state index contributed by atoms with van der Waals surface area (Å²) in [6.07, 6.45) is -3.11. The Bertz CT molecular complexity index is 1160. The van der Waals surface area contributed by atoms with Gasteiger partial charge in [-0.1, -0.05) is 38.0 Å². The quantitative estimate of drug-likeness (QED) is 0.146. The van der Waals surface area contributed by atoms with E-state index in [1.165, 1.54) is 0 Å². The van der Waals surface area contributed by atoms with Crippen molar-refractivity contribution in [1.82, 2.24) is 0 Å². The Morgan fingerprint density at radius 3 is 2.37 bits per heavy atom. The molecule has 0 aromatic heterocycles. The van der Waals surface area contributed by atoms with Crippen molar-refractivity contribution in [2.24, 2.45) is 5.92 Å². The number of rotatable bonds is 15. The van der Waals surface area contributed by atoms with Crippen molar-refractivity contribution in [2.75, 3.05) is 11.5 Å². The number of alkyl halides is 5. The molecule has 0 radical (unpaired) electrons. The fraction of sp³-hybridized carbons (Fsp3) is 0.600. The predicted molar refractivity (Wildman–Crippen MR) is 148 cm³/mol. The van der Waals surface area contributed by atoms with E-state index in [-0.39, 0.29) is 35.0 Å². The van der Waals surface area contributed by atoms with Crippen LogP contribution >= 0.6 is 0 Å². The number of fused-ring (bicyclic) bond motifs is 1. The first-order valence-electron chi connectivity index (χ1n) is 14.0. The Kier molecular flexibility index (Phi) is 11.8. The van der Waals surface area contributed by atoms with E-state index in [4.69, 9.17) is 4.74 Å². The summed E-state index contributed by atoms with van der Waals surface area (Å²) in [5, 5.41) is 30.7. The number of aliphatic hydroxyl groups is 1. The number of ether oxygens (including phenoxy) is 1. The zero-order valence-corrected chi connectivity index (χ0v) is 24.0. The second kappa shape index (κ2) is 14.7. The summed E-state index contributed by atoms with van der Waals surface area (Å²) in [5.74, 6) is -3.56. The maximum Gasteiger partial charge on any atom is 0.453 e. The van der Waals surface area contributed by atoms with Gasteiger partial charge in [0.25, 0.3) is 0 Å². The van der Waals surface area contributed by atoms with Gasteiger partial charge < -0.3 is 20.1 Å². The lowest BCUT2D eigenvalue weighted by Gasteiger charge is -2.32. The number of phenolic OH excluding ortho intramolecular Hbond substituents is 2. The van der Waals surface area contributed by atoms with E-state index in [0.717, 1.165) is 23.1 Å². The van der Waals surface area contributed by atoms with Gasteiger partial charge >= 0.3 is 12.1 Å². The largest absolute Gasteiger partial charge is 0.508 e. The average Bonchev–Trinajstić information content (AvgIpc) is 2.88.